The van der Waals surface area contributed by atoms with E-state index in [-0.39, 0.29) is 5.82 Å². The Bertz CT molecular complexity index is 574. The van der Waals surface area contributed by atoms with Crippen LogP contribution >= 0.6 is 15.9 Å². The first-order valence-electron chi connectivity index (χ1n) is 5.88. The number of nitrogens with zero attached hydrogens (tertiary/aromatic N) is 1. The van der Waals surface area contributed by atoms with Gasteiger partial charge in [-0.05, 0) is 24.3 Å². The van der Waals surface area contributed by atoms with E-state index in [9.17, 15) is 4.39 Å². The van der Waals surface area contributed by atoms with E-state index in [1.165, 1.54) is 6.07 Å². The van der Waals surface area contributed by atoms with Crippen LogP contribution in [0.3, 0.4) is 0 Å². The molecule has 0 aromatic heterocycles. The number of ether oxygens (including phenoxy) is 1. The van der Waals surface area contributed by atoms with E-state index in [2.05, 4.69) is 15.9 Å². The standard InChI is InChI=1S/C15H15BrFNO/c1-18(11-5-3-6-12(9-11)19-2)15-8-4-7-14(17)13(15)10-16/h3-9H,10H2,1-2H3. The Balaban J connectivity index is 2.43. The van der Waals surface area contributed by atoms with Gasteiger partial charge in [-0.15, -0.1) is 0 Å². The van der Waals surface area contributed by atoms with E-state index in [0.717, 1.165) is 17.1 Å². The third-order valence-corrected chi connectivity index (χ3v) is 3.59. The van der Waals surface area contributed by atoms with Crippen LogP contribution in [0.25, 0.3) is 0 Å². The zero-order valence-corrected chi connectivity index (χ0v) is 12.4. The molecule has 0 N–H and O–H groups in total. The van der Waals surface area contributed by atoms with Crippen molar-refractivity contribution in [3.05, 3.63) is 53.8 Å². The van der Waals surface area contributed by atoms with Crippen molar-refractivity contribution < 1.29 is 9.13 Å². The summed E-state index contributed by atoms with van der Waals surface area (Å²) in [5, 5.41) is 0.476. The van der Waals surface area contributed by atoms with Gasteiger partial charge in [-0.25, -0.2) is 4.39 Å². The molecule has 100 valence electrons. The van der Waals surface area contributed by atoms with Crippen LogP contribution in [0, 0.1) is 5.82 Å². The van der Waals surface area contributed by atoms with Crippen LogP contribution in [0.5, 0.6) is 5.75 Å². The molecule has 0 aliphatic rings. The fraction of sp³-hybridized carbons (Fsp3) is 0.200. The van der Waals surface area contributed by atoms with E-state index in [0.29, 0.717) is 10.9 Å². The van der Waals surface area contributed by atoms with E-state index >= 15 is 0 Å². The Hall–Kier alpha value is -1.55. The maximum absolute atomic E-state index is 13.8. The molecule has 2 rings (SSSR count). The number of rotatable bonds is 4. The molecule has 19 heavy (non-hydrogen) atoms. The highest BCUT2D eigenvalue weighted by Crippen LogP contribution is 2.31. The molecular formula is C15H15BrFNO. The highest BCUT2D eigenvalue weighted by atomic mass is 79.9. The van der Waals surface area contributed by atoms with Gasteiger partial charge in [0.2, 0.25) is 0 Å². The summed E-state index contributed by atoms with van der Waals surface area (Å²) in [6.07, 6.45) is 0. The molecule has 0 saturated heterocycles. The Morgan fingerprint density at radius 3 is 2.63 bits per heavy atom. The summed E-state index contributed by atoms with van der Waals surface area (Å²) < 4.78 is 19.0. The van der Waals surface area contributed by atoms with Crippen molar-refractivity contribution in [3.63, 3.8) is 0 Å². The van der Waals surface area contributed by atoms with Crippen molar-refractivity contribution in [2.45, 2.75) is 5.33 Å². The summed E-state index contributed by atoms with van der Waals surface area (Å²) in [6, 6.07) is 12.8. The van der Waals surface area contributed by atoms with Crippen molar-refractivity contribution in [2.24, 2.45) is 0 Å². The van der Waals surface area contributed by atoms with Crippen molar-refractivity contribution >= 4 is 27.3 Å². The fourth-order valence-corrected chi connectivity index (χ4v) is 2.51. The number of benzene rings is 2. The molecule has 0 radical (unpaired) electrons. The highest BCUT2D eigenvalue weighted by molar-refractivity contribution is 9.08. The molecule has 0 unspecified atom stereocenters. The van der Waals surface area contributed by atoms with E-state index in [1.807, 2.05) is 42.3 Å². The summed E-state index contributed by atoms with van der Waals surface area (Å²) in [7, 11) is 3.54. The molecule has 0 fully saturated rings. The summed E-state index contributed by atoms with van der Waals surface area (Å²) in [6.45, 7) is 0. The molecule has 0 spiro atoms. The zero-order chi connectivity index (χ0) is 13.8. The Morgan fingerprint density at radius 1 is 1.21 bits per heavy atom. The van der Waals surface area contributed by atoms with E-state index in [4.69, 9.17) is 4.74 Å². The third kappa shape index (κ3) is 2.89. The third-order valence-electron chi connectivity index (χ3n) is 3.03. The molecule has 4 heteroatoms. The summed E-state index contributed by atoms with van der Waals surface area (Å²) in [4.78, 5) is 1.95. The maximum Gasteiger partial charge on any atom is 0.129 e. The smallest absolute Gasteiger partial charge is 0.129 e. The van der Waals surface area contributed by atoms with Crippen molar-refractivity contribution in [3.8, 4) is 5.75 Å². The first-order valence-corrected chi connectivity index (χ1v) is 7.00. The van der Waals surface area contributed by atoms with Crippen LogP contribution in [0.1, 0.15) is 5.56 Å². The molecular weight excluding hydrogens is 309 g/mol. The molecule has 0 bridgehead atoms. The van der Waals surface area contributed by atoms with Crippen LogP contribution in [0.4, 0.5) is 15.8 Å². The van der Waals surface area contributed by atoms with Gasteiger partial charge in [-0.2, -0.15) is 0 Å². The van der Waals surface area contributed by atoms with Crippen LogP contribution in [-0.2, 0) is 5.33 Å². The largest absolute Gasteiger partial charge is 0.497 e. The normalized spacial score (nSPS) is 10.3. The molecule has 2 nitrogen and oxygen atoms in total. The molecule has 2 aromatic rings. The predicted octanol–water partition coefficient (Wildman–Crippen LogP) is 4.50. The van der Waals surface area contributed by atoms with E-state index in [1.54, 1.807) is 13.2 Å². The first-order chi connectivity index (χ1) is 9.17. The van der Waals surface area contributed by atoms with Gasteiger partial charge in [0.15, 0.2) is 0 Å². The molecule has 0 amide bonds. The SMILES string of the molecule is COc1cccc(N(C)c2cccc(F)c2CBr)c1. The van der Waals surface area contributed by atoms with Crippen molar-refractivity contribution in [1.29, 1.82) is 0 Å². The lowest BCUT2D eigenvalue weighted by atomic mass is 10.1. The number of hydrogen-bond acceptors (Lipinski definition) is 2. The Kier molecular flexibility index (Phi) is 4.43. The number of alkyl halides is 1. The molecule has 0 heterocycles. The zero-order valence-electron chi connectivity index (χ0n) is 10.9. The lowest BCUT2D eigenvalue weighted by molar-refractivity contribution is 0.415. The van der Waals surface area contributed by atoms with Crippen LogP contribution in [0.2, 0.25) is 0 Å². The van der Waals surface area contributed by atoms with Crippen molar-refractivity contribution in [2.75, 3.05) is 19.1 Å². The van der Waals surface area contributed by atoms with Gasteiger partial charge in [0.25, 0.3) is 0 Å². The molecule has 0 aliphatic carbocycles. The second-order valence-corrected chi connectivity index (χ2v) is 4.69. The highest BCUT2D eigenvalue weighted by Gasteiger charge is 2.12. The maximum atomic E-state index is 13.8. The minimum atomic E-state index is -0.205. The minimum Gasteiger partial charge on any atom is -0.497 e. The number of hydrogen-bond donors (Lipinski definition) is 0. The lowest BCUT2D eigenvalue weighted by Crippen LogP contribution is -2.12. The lowest BCUT2D eigenvalue weighted by Gasteiger charge is -2.22. The topological polar surface area (TPSA) is 12.5 Å². The molecule has 2 aromatic carbocycles. The molecule has 0 atom stereocenters. The monoisotopic (exact) mass is 323 g/mol. The Morgan fingerprint density at radius 2 is 1.95 bits per heavy atom. The summed E-state index contributed by atoms with van der Waals surface area (Å²) in [5.41, 5.74) is 2.44. The van der Waals surface area contributed by atoms with Gasteiger partial charge >= 0.3 is 0 Å². The quantitative estimate of drug-likeness (QED) is 0.768. The average Bonchev–Trinajstić information content (AvgIpc) is 2.46. The minimum absolute atomic E-state index is 0.205. The van der Waals surface area contributed by atoms with Gasteiger partial charge in [0.05, 0.1) is 7.11 Å². The summed E-state index contributed by atoms with van der Waals surface area (Å²) in [5.74, 6) is 0.574. The fourth-order valence-electron chi connectivity index (χ4n) is 1.95. The summed E-state index contributed by atoms with van der Waals surface area (Å²) >= 11 is 3.34. The molecule has 0 saturated carbocycles. The predicted molar refractivity (Wildman–Crippen MR) is 80.1 cm³/mol. The van der Waals surface area contributed by atoms with E-state index < -0.39 is 0 Å². The van der Waals surface area contributed by atoms with Gasteiger partial charge in [-0.3, -0.25) is 0 Å². The second-order valence-electron chi connectivity index (χ2n) is 4.13. The van der Waals surface area contributed by atoms with Gasteiger partial charge in [0, 0.05) is 35.4 Å². The van der Waals surface area contributed by atoms with Gasteiger partial charge in [0.1, 0.15) is 11.6 Å². The van der Waals surface area contributed by atoms with Crippen LogP contribution < -0.4 is 9.64 Å². The molecule has 0 aliphatic heterocycles. The average molecular weight is 324 g/mol. The van der Waals surface area contributed by atoms with Crippen molar-refractivity contribution in [1.82, 2.24) is 0 Å². The van der Waals surface area contributed by atoms with Crippen LogP contribution in [0.15, 0.2) is 42.5 Å². The number of halogens is 2. The second kappa shape index (κ2) is 6.06. The first kappa shape index (κ1) is 13.9. The number of methoxy groups -OCH3 is 1. The van der Waals surface area contributed by atoms with Gasteiger partial charge < -0.3 is 9.64 Å². The number of anilines is 2. The van der Waals surface area contributed by atoms with Gasteiger partial charge in [-0.1, -0.05) is 28.1 Å². The Labute approximate surface area is 120 Å². The van der Waals surface area contributed by atoms with Crippen LogP contribution in [-0.4, -0.2) is 14.2 Å².